The number of nitrogens with zero attached hydrogens (tertiary/aromatic N) is 4. The molecular weight excluding hydrogens is 318 g/mol. The van der Waals surface area contributed by atoms with E-state index >= 15 is 0 Å². The number of hydrogen-bond acceptors (Lipinski definition) is 5. The molecule has 7 nitrogen and oxygen atoms in total. The number of ether oxygens (including phenoxy) is 1. The summed E-state index contributed by atoms with van der Waals surface area (Å²) in [6, 6.07) is 10.7. The van der Waals surface area contributed by atoms with E-state index in [1.165, 1.54) is 0 Å². The third kappa shape index (κ3) is 4.41. The highest BCUT2D eigenvalue weighted by molar-refractivity contribution is 5.94. The van der Waals surface area contributed by atoms with Crippen molar-refractivity contribution in [1.29, 1.82) is 0 Å². The monoisotopic (exact) mass is 337 g/mol. The van der Waals surface area contributed by atoms with Crippen LogP contribution in [0.2, 0.25) is 0 Å². The summed E-state index contributed by atoms with van der Waals surface area (Å²) in [6.45, 7) is 4.21. The molecule has 7 heteroatoms. The van der Waals surface area contributed by atoms with E-state index in [0.29, 0.717) is 17.8 Å². The fourth-order valence-corrected chi connectivity index (χ4v) is 2.22. The van der Waals surface area contributed by atoms with Gasteiger partial charge in [-0.25, -0.2) is 4.68 Å². The number of benzene rings is 1. The summed E-state index contributed by atoms with van der Waals surface area (Å²) in [7, 11) is 0. The zero-order valence-electron chi connectivity index (χ0n) is 14.1. The fraction of sp³-hybridized carbons (Fsp3) is 0.222. The maximum Gasteiger partial charge on any atom is 0.251 e. The Kier molecular flexibility index (Phi) is 5.03. The standard InChI is InChI=1S/C18H19N5O2/c1-13(2)25-17-7-5-14(6-8-17)18(24)20-10-15-12-23(22-21-15)16-4-3-9-19-11-16/h3-9,11-13H,10H2,1-2H3,(H,20,24). The SMILES string of the molecule is CC(C)Oc1ccc(C(=O)NCc2cn(-c3cccnc3)nn2)cc1. The lowest BCUT2D eigenvalue weighted by atomic mass is 10.2. The quantitative estimate of drug-likeness (QED) is 0.747. The summed E-state index contributed by atoms with van der Waals surface area (Å²) in [4.78, 5) is 16.3. The number of rotatable bonds is 6. The molecule has 2 aromatic heterocycles. The van der Waals surface area contributed by atoms with E-state index in [4.69, 9.17) is 4.74 Å². The number of nitrogens with one attached hydrogen (secondary N) is 1. The molecule has 0 saturated carbocycles. The molecule has 2 heterocycles. The van der Waals surface area contributed by atoms with Crippen molar-refractivity contribution in [3.8, 4) is 11.4 Å². The molecule has 1 amide bonds. The van der Waals surface area contributed by atoms with Crippen molar-refractivity contribution in [2.45, 2.75) is 26.5 Å². The van der Waals surface area contributed by atoms with E-state index in [1.54, 1.807) is 47.5 Å². The van der Waals surface area contributed by atoms with Crippen LogP contribution in [0.3, 0.4) is 0 Å². The highest BCUT2D eigenvalue weighted by Gasteiger charge is 2.08. The maximum atomic E-state index is 12.2. The first kappa shape index (κ1) is 16.6. The van der Waals surface area contributed by atoms with Gasteiger partial charge in [0, 0.05) is 11.8 Å². The van der Waals surface area contributed by atoms with Crippen LogP contribution in [0, 0.1) is 0 Å². The first-order chi connectivity index (χ1) is 12.1. The molecule has 0 radical (unpaired) electrons. The van der Waals surface area contributed by atoms with Gasteiger partial charge in [0.05, 0.1) is 30.7 Å². The molecule has 0 aliphatic heterocycles. The Morgan fingerprint density at radius 1 is 1.24 bits per heavy atom. The summed E-state index contributed by atoms with van der Waals surface area (Å²) < 4.78 is 7.18. The zero-order valence-corrected chi connectivity index (χ0v) is 14.1. The highest BCUT2D eigenvalue weighted by atomic mass is 16.5. The van der Waals surface area contributed by atoms with Crippen LogP contribution in [0.1, 0.15) is 29.9 Å². The van der Waals surface area contributed by atoms with E-state index in [2.05, 4.69) is 20.6 Å². The van der Waals surface area contributed by atoms with Gasteiger partial charge in [-0.1, -0.05) is 5.21 Å². The number of amides is 1. The summed E-state index contributed by atoms with van der Waals surface area (Å²) in [5, 5.41) is 10.9. The first-order valence-electron chi connectivity index (χ1n) is 7.98. The molecule has 0 spiro atoms. The van der Waals surface area contributed by atoms with Gasteiger partial charge in [-0.05, 0) is 50.2 Å². The molecule has 0 saturated heterocycles. The molecule has 1 N–H and O–H groups in total. The van der Waals surface area contributed by atoms with Crippen LogP contribution in [0.4, 0.5) is 0 Å². The second-order valence-electron chi connectivity index (χ2n) is 5.74. The van der Waals surface area contributed by atoms with Crippen molar-refractivity contribution >= 4 is 5.91 Å². The molecule has 0 bridgehead atoms. The van der Waals surface area contributed by atoms with E-state index in [-0.39, 0.29) is 12.0 Å². The Morgan fingerprint density at radius 3 is 2.72 bits per heavy atom. The van der Waals surface area contributed by atoms with Gasteiger partial charge in [0.15, 0.2) is 0 Å². The largest absolute Gasteiger partial charge is 0.491 e. The van der Waals surface area contributed by atoms with E-state index in [1.807, 2.05) is 26.0 Å². The van der Waals surface area contributed by atoms with E-state index in [9.17, 15) is 4.79 Å². The Balaban J connectivity index is 1.58. The third-order valence-electron chi connectivity index (χ3n) is 3.37. The van der Waals surface area contributed by atoms with Gasteiger partial charge >= 0.3 is 0 Å². The van der Waals surface area contributed by atoms with Crippen molar-refractivity contribution in [2.24, 2.45) is 0 Å². The van der Waals surface area contributed by atoms with Gasteiger partial charge in [-0.15, -0.1) is 5.10 Å². The molecule has 3 rings (SSSR count). The fourth-order valence-electron chi connectivity index (χ4n) is 2.22. The van der Waals surface area contributed by atoms with Crippen molar-refractivity contribution in [1.82, 2.24) is 25.3 Å². The normalized spacial score (nSPS) is 10.7. The van der Waals surface area contributed by atoms with Crippen LogP contribution in [0.15, 0.2) is 55.0 Å². The molecule has 1 aromatic carbocycles. The second-order valence-corrected chi connectivity index (χ2v) is 5.74. The summed E-state index contributed by atoms with van der Waals surface area (Å²) in [5.74, 6) is 0.568. The second kappa shape index (κ2) is 7.57. The van der Waals surface area contributed by atoms with Gasteiger partial charge in [0.25, 0.3) is 5.91 Å². The number of aromatic nitrogens is 4. The van der Waals surface area contributed by atoms with Crippen molar-refractivity contribution in [3.63, 3.8) is 0 Å². The number of hydrogen-bond donors (Lipinski definition) is 1. The predicted octanol–water partition coefficient (Wildman–Crippen LogP) is 2.38. The minimum absolute atomic E-state index is 0.0992. The molecule has 3 aromatic rings. The molecule has 0 aliphatic carbocycles. The van der Waals surface area contributed by atoms with Gasteiger partial charge in [-0.2, -0.15) is 0 Å². The van der Waals surface area contributed by atoms with Gasteiger partial charge in [-0.3, -0.25) is 9.78 Å². The van der Waals surface area contributed by atoms with Crippen LogP contribution in [-0.4, -0.2) is 32.0 Å². The molecule has 0 fully saturated rings. The van der Waals surface area contributed by atoms with E-state index < -0.39 is 0 Å². The number of carbonyl (C=O) groups excluding carboxylic acids is 1. The van der Waals surface area contributed by atoms with Gasteiger partial charge < -0.3 is 10.1 Å². The molecule has 0 atom stereocenters. The van der Waals surface area contributed by atoms with E-state index in [0.717, 1.165) is 11.4 Å². The van der Waals surface area contributed by atoms with Crippen LogP contribution in [-0.2, 0) is 6.54 Å². The zero-order chi connectivity index (χ0) is 17.6. The van der Waals surface area contributed by atoms with Gasteiger partial charge in [0.1, 0.15) is 11.4 Å². The summed E-state index contributed by atoms with van der Waals surface area (Å²) >= 11 is 0. The van der Waals surface area contributed by atoms with Crippen LogP contribution >= 0.6 is 0 Å². The lowest BCUT2D eigenvalue weighted by Gasteiger charge is -2.10. The summed E-state index contributed by atoms with van der Waals surface area (Å²) in [6.07, 6.45) is 5.25. The topological polar surface area (TPSA) is 81.9 Å². The minimum Gasteiger partial charge on any atom is -0.491 e. The third-order valence-corrected chi connectivity index (χ3v) is 3.37. The van der Waals surface area contributed by atoms with Crippen LogP contribution < -0.4 is 10.1 Å². The highest BCUT2D eigenvalue weighted by Crippen LogP contribution is 2.14. The van der Waals surface area contributed by atoms with Crippen molar-refractivity contribution in [3.05, 3.63) is 66.2 Å². The number of carbonyl (C=O) groups is 1. The van der Waals surface area contributed by atoms with Crippen molar-refractivity contribution < 1.29 is 9.53 Å². The minimum atomic E-state index is -0.174. The van der Waals surface area contributed by atoms with Crippen LogP contribution in [0.5, 0.6) is 5.75 Å². The van der Waals surface area contributed by atoms with Crippen molar-refractivity contribution in [2.75, 3.05) is 0 Å². The van der Waals surface area contributed by atoms with Gasteiger partial charge in [0.2, 0.25) is 0 Å². The number of pyridine rings is 1. The Bertz CT molecular complexity index is 828. The summed E-state index contributed by atoms with van der Waals surface area (Å²) in [5.41, 5.74) is 2.04. The molecule has 0 aliphatic rings. The lowest BCUT2D eigenvalue weighted by molar-refractivity contribution is 0.0950. The molecule has 25 heavy (non-hydrogen) atoms. The Hall–Kier alpha value is -3.22. The maximum absolute atomic E-state index is 12.2. The first-order valence-corrected chi connectivity index (χ1v) is 7.98. The molecule has 0 unspecified atom stereocenters. The predicted molar refractivity (Wildman–Crippen MR) is 92.5 cm³/mol. The Morgan fingerprint density at radius 2 is 2.04 bits per heavy atom. The average Bonchev–Trinajstić information content (AvgIpc) is 3.10. The smallest absolute Gasteiger partial charge is 0.251 e. The molecular formula is C18H19N5O2. The van der Waals surface area contributed by atoms with Crippen LogP contribution in [0.25, 0.3) is 5.69 Å². The Labute approximate surface area is 145 Å². The average molecular weight is 337 g/mol. The lowest BCUT2D eigenvalue weighted by Crippen LogP contribution is -2.22. The molecule has 128 valence electrons.